The Hall–Kier alpha value is -1.92. The SMILES string of the molecule is CC1CCC(C2CCC(C(=O)Oc3ccc(C4CCC(/C(F)=C/C(F)(F)F)CC4)c(F)c3)CC2)CC1. The molecular formula is C29H37F5O2. The zero-order valence-corrected chi connectivity index (χ0v) is 21.0. The first kappa shape index (κ1) is 27.1. The Morgan fingerprint density at radius 3 is 1.97 bits per heavy atom. The van der Waals surface area contributed by atoms with Crippen LogP contribution in [0.5, 0.6) is 5.75 Å². The number of ether oxygens (including phenoxy) is 1. The first-order valence-electron chi connectivity index (χ1n) is 13.5. The summed E-state index contributed by atoms with van der Waals surface area (Å²) in [5.41, 5.74) is 0.441. The fourth-order valence-corrected chi connectivity index (χ4v) is 6.64. The fourth-order valence-electron chi connectivity index (χ4n) is 6.64. The molecule has 7 heteroatoms. The Morgan fingerprint density at radius 1 is 0.861 bits per heavy atom. The number of carbonyl (C=O) groups is 1. The molecular weight excluding hydrogens is 475 g/mol. The lowest BCUT2D eigenvalue weighted by molar-refractivity contribution is -0.140. The first-order valence-corrected chi connectivity index (χ1v) is 13.5. The fraction of sp³-hybridized carbons (Fsp3) is 0.690. The lowest BCUT2D eigenvalue weighted by Crippen LogP contribution is -2.29. The molecule has 0 radical (unpaired) electrons. The Labute approximate surface area is 210 Å². The van der Waals surface area contributed by atoms with Crippen LogP contribution < -0.4 is 4.74 Å². The van der Waals surface area contributed by atoms with Gasteiger partial charge >= 0.3 is 12.1 Å². The lowest BCUT2D eigenvalue weighted by Gasteiger charge is -2.36. The van der Waals surface area contributed by atoms with Crippen molar-refractivity contribution in [2.45, 2.75) is 96.1 Å². The topological polar surface area (TPSA) is 26.3 Å². The van der Waals surface area contributed by atoms with Crippen LogP contribution in [0.15, 0.2) is 30.1 Å². The van der Waals surface area contributed by atoms with Crippen molar-refractivity contribution in [1.82, 2.24) is 0 Å². The summed E-state index contributed by atoms with van der Waals surface area (Å²) in [6, 6.07) is 4.39. The number of benzene rings is 1. The third-order valence-corrected chi connectivity index (χ3v) is 8.88. The van der Waals surface area contributed by atoms with Gasteiger partial charge < -0.3 is 4.74 Å². The summed E-state index contributed by atoms with van der Waals surface area (Å²) in [5.74, 6) is -0.568. The summed E-state index contributed by atoms with van der Waals surface area (Å²) in [6.07, 6.45) is 5.29. The summed E-state index contributed by atoms with van der Waals surface area (Å²) >= 11 is 0. The maximum Gasteiger partial charge on any atom is 0.412 e. The summed E-state index contributed by atoms with van der Waals surface area (Å²) in [4.78, 5) is 12.7. The van der Waals surface area contributed by atoms with E-state index in [-0.39, 0.29) is 42.5 Å². The molecule has 3 saturated carbocycles. The van der Waals surface area contributed by atoms with Crippen LogP contribution in [0, 0.1) is 35.4 Å². The molecule has 0 heterocycles. The highest BCUT2D eigenvalue weighted by atomic mass is 19.4. The van der Waals surface area contributed by atoms with Crippen molar-refractivity contribution >= 4 is 5.97 Å². The number of allylic oxidation sites excluding steroid dienone is 2. The summed E-state index contributed by atoms with van der Waals surface area (Å²) in [7, 11) is 0. The number of carbonyl (C=O) groups excluding carboxylic acids is 1. The Bertz CT molecular complexity index is 916. The highest BCUT2D eigenvalue weighted by molar-refractivity contribution is 5.75. The predicted molar refractivity (Wildman–Crippen MR) is 129 cm³/mol. The molecule has 1 aromatic carbocycles. The minimum absolute atomic E-state index is 0.151. The number of esters is 1. The van der Waals surface area contributed by atoms with Gasteiger partial charge in [-0.1, -0.05) is 25.8 Å². The van der Waals surface area contributed by atoms with E-state index in [9.17, 15) is 26.7 Å². The molecule has 200 valence electrons. The predicted octanol–water partition coefficient (Wildman–Crippen LogP) is 9.05. The van der Waals surface area contributed by atoms with Gasteiger partial charge in [0.1, 0.15) is 17.4 Å². The Kier molecular flexibility index (Phi) is 8.77. The molecule has 0 N–H and O–H groups in total. The van der Waals surface area contributed by atoms with Crippen LogP contribution in [-0.2, 0) is 4.79 Å². The zero-order valence-electron chi connectivity index (χ0n) is 21.0. The van der Waals surface area contributed by atoms with Gasteiger partial charge in [0.2, 0.25) is 0 Å². The smallest absolute Gasteiger partial charge is 0.412 e. The largest absolute Gasteiger partial charge is 0.426 e. The van der Waals surface area contributed by atoms with E-state index < -0.39 is 23.7 Å². The number of halogens is 5. The number of alkyl halides is 3. The Morgan fingerprint density at radius 2 is 1.42 bits per heavy atom. The van der Waals surface area contributed by atoms with Gasteiger partial charge in [0.05, 0.1) is 12.0 Å². The molecule has 0 bridgehead atoms. The highest BCUT2D eigenvalue weighted by Crippen LogP contribution is 2.43. The molecule has 0 saturated heterocycles. The third kappa shape index (κ3) is 7.10. The molecule has 36 heavy (non-hydrogen) atoms. The molecule has 2 nitrogen and oxygen atoms in total. The second-order valence-corrected chi connectivity index (χ2v) is 11.4. The van der Waals surface area contributed by atoms with Crippen molar-refractivity contribution in [3.8, 4) is 5.75 Å². The molecule has 0 spiro atoms. The second-order valence-electron chi connectivity index (χ2n) is 11.4. The van der Waals surface area contributed by atoms with Crippen molar-refractivity contribution < 1.29 is 31.5 Å². The lowest BCUT2D eigenvalue weighted by atomic mass is 9.69. The third-order valence-electron chi connectivity index (χ3n) is 8.88. The van der Waals surface area contributed by atoms with E-state index in [1.54, 1.807) is 12.1 Å². The van der Waals surface area contributed by atoms with Gasteiger partial charge in [0, 0.05) is 12.0 Å². The molecule has 4 rings (SSSR count). The van der Waals surface area contributed by atoms with Crippen LogP contribution in [-0.4, -0.2) is 12.1 Å². The van der Waals surface area contributed by atoms with E-state index in [0.717, 1.165) is 37.5 Å². The summed E-state index contributed by atoms with van der Waals surface area (Å²) in [5, 5.41) is 0. The molecule has 0 atom stereocenters. The number of rotatable bonds is 5. The van der Waals surface area contributed by atoms with Gasteiger partial charge in [-0.25, -0.2) is 8.78 Å². The zero-order chi connectivity index (χ0) is 25.9. The van der Waals surface area contributed by atoms with Crippen LogP contribution in [0.3, 0.4) is 0 Å². The summed E-state index contributed by atoms with van der Waals surface area (Å²) < 4.78 is 71.5. The average molecular weight is 513 g/mol. The van der Waals surface area contributed by atoms with E-state index in [2.05, 4.69) is 6.92 Å². The minimum atomic E-state index is -4.67. The van der Waals surface area contributed by atoms with Gasteiger partial charge in [-0.15, -0.1) is 0 Å². The van der Waals surface area contributed by atoms with Gasteiger partial charge in [0.15, 0.2) is 0 Å². The van der Waals surface area contributed by atoms with Crippen molar-refractivity contribution in [2.24, 2.45) is 29.6 Å². The van der Waals surface area contributed by atoms with E-state index >= 15 is 0 Å². The molecule has 3 aliphatic carbocycles. The maximum atomic E-state index is 14.9. The molecule has 0 aromatic heterocycles. The normalized spacial score (nSPS) is 32.2. The van der Waals surface area contributed by atoms with Crippen LogP contribution in [0.25, 0.3) is 0 Å². The van der Waals surface area contributed by atoms with Crippen LogP contribution >= 0.6 is 0 Å². The van der Waals surface area contributed by atoms with Gasteiger partial charge in [0.25, 0.3) is 0 Å². The van der Waals surface area contributed by atoms with Crippen LogP contribution in [0.2, 0.25) is 0 Å². The van der Waals surface area contributed by atoms with Gasteiger partial charge in [-0.2, -0.15) is 13.2 Å². The average Bonchev–Trinajstić information content (AvgIpc) is 2.84. The molecule has 3 aliphatic rings. The van der Waals surface area contributed by atoms with E-state index in [1.165, 1.54) is 31.7 Å². The van der Waals surface area contributed by atoms with Gasteiger partial charge in [-0.3, -0.25) is 4.79 Å². The molecule has 0 amide bonds. The molecule has 3 fully saturated rings. The van der Waals surface area contributed by atoms with E-state index in [1.807, 2.05) is 0 Å². The van der Waals surface area contributed by atoms with Crippen LogP contribution in [0.4, 0.5) is 22.0 Å². The monoisotopic (exact) mass is 512 g/mol. The van der Waals surface area contributed by atoms with Crippen molar-refractivity contribution in [1.29, 1.82) is 0 Å². The van der Waals surface area contributed by atoms with Gasteiger partial charge in [-0.05, 0) is 99.5 Å². The Balaban J connectivity index is 1.26. The summed E-state index contributed by atoms with van der Waals surface area (Å²) in [6.45, 7) is 2.32. The molecule has 0 unspecified atom stereocenters. The highest BCUT2D eigenvalue weighted by Gasteiger charge is 2.34. The van der Waals surface area contributed by atoms with E-state index in [4.69, 9.17) is 4.74 Å². The standard InChI is InChI=1S/C29H37F5O2/c1-18-2-4-19(5-3-18)20-6-12-23(13-7-20)28(35)36-24-14-15-25(26(30)16-24)21-8-10-22(11-9-21)27(31)17-29(32,33)34/h14-23H,2-13H2,1H3/b27-17-. The maximum absolute atomic E-state index is 14.9. The van der Waals surface area contributed by atoms with Crippen molar-refractivity contribution in [3.05, 3.63) is 41.5 Å². The number of hydrogen-bond acceptors (Lipinski definition) is 2. The van der Waals surface area contributed by atoms with Crippen molar-refractivity contribution in [3.63, 3.8) is 0 Å². The van der Waals surface area contributed by atoms with Crippen LogP contribution in [0.1, 0.15) is 95.5 Å². The second kappa shape index (κ2) is 11.6. The molecule has 0 aliphatic heterocycles. The minimum Gasteiger partial charge on any atom is -0.426 e. The number of hydrogen-bond donors (Lipinski definition) is 0. The quantitative estimate of drug-likeness (QED) is 0.223. The van der Waals surface area contributed by atoms with Crippen molar-refractivity contribution in [2.75, 3.05) is 0 Å². The van der Waals surface area contributed by atoms with E-state index in [0.29, 0.717) is 24.3 Å². The molecule has 1 aromatic rings. The first-order chi connectivity index (χ1) is 17.1.